The molecule has 4 heteroatoms. The first-order chi connectivity index (χ1) is 10.2. The number of nitrogens with zero attached hydrogens (tertiary/aromatic N) is 2. The molecule has 1 aromatic heterocycles. The number of rotatable bonds is 7. The fourth-order valence-corrected chi connectivity index (χ4v) is 2.08. The van der Waals surface area contributed by atoms with E-state index in [-0.39, 0.29) is 0 Å². The van der Waals surface area contributed by atoms with Crippen molar-refractivity contribution in [1.82, 2.24) is 4.98 Å². The van der Waals surface area contributed by atoms with Gasteiger partial charge in [0.25, 0.3) is 0 Å². The number of hydrogen-bond acceptors (Lipinski definition) is 4. The van der Waals surface area contributed by atoms with Crippen molar-refractivity contribution in [3.05, 3.63) is 48.2 Å². The fourth-order valence-electron chi connectivity index (χ4n) is 2.08. The topological polar surface area (TPSA) is 37.4 Å². The Bertz CT molecular complexity index is 537. The molecule has 0 spiro atoms. The number of hydrogen-bond donors (Lipinski definition) is 1. The van der Waals surface area contributed by atoms with E-state index in [2.05, 4.69) is 47.4 Å². The number of aromatic nitrogens is 1. The minimum absolute atomic E-state index is 0.827. The molecule has 0 amide bonds. The summed E-state index contributed by atoms with van der Waals surface area (Å²) >= 11 is 0. The van der Waals surface area contributed by atoms with Crippen molar-refractivity contribution in [1.29, 1.82) is 0 Å². The van der Waals surface area contributed by atoms with Gasteiger partial charge in [0.05, 0.1) is 7.11 Å². The molecule has 112 valence electrons. The van der Waals surface area contributed by atoms with Gasteiger partial charge in [0.15, 0.2) is 0 Å². The monoisotopic (exact) mass is 285 g/mol. The minimum Gasteiger partial charge on any atom is -0.497 e. The molecule has 2 rings (SSSR count). The smallest absolute Gasteiger partial charge is 0.125 e. The number of benzene rings is 1. The van der Waals surface area contributed by atoms with Crippen LogP contribution in [0, 0.1) is 0 Å². The van der Waals surface area contributed by atoms with Crippen molar-refractivity contribution in [2.75, 3.05) is 30.9 Å². The number of ether oxygens (including phenoxy) is 1. The van der Waals surface area contributed by atoms with E-state index in [0.717, 1.165) is 36.8 Å². The number of nitrogens with one attached hydrogen (secondary N) is 1. The summed E-state index contributed by atoms with van der Waals surface area (Å²) in [5.74, 6) is 1.81. The normalized spacial score (nSPS) is 10.2. The zero-order valence-corrected chi connectivity index (χ0v) is 13.0. The number of anilines is 2. The zero-order chi connectivity index (χ0) is 15.1. The highest BCUT2D eigenvalue weighted by atomic mass is 16.5. The van der Waals surface area contributed by atoms with Crippen LogP contribution in [0.1, 0.15) is 18.9 Å². The molecular formula is C17H23N3O. The van der Waals surface area contributed by atoms with Gasteiger partial charge in [0, 0.05) is 32.0 Å². The van der Waals surface area contributed by atoms with Crippen molar-refractivity contribution in [3.8, 4) is 5.75 Å². The molecule has 0 aliphatic heterocycles. The Labute approximate surface area is 126 Å². The van der Waals surface area contributed by atoms with E-state index in [1.165, 1.54) is 5.56 Å². The second-order valence-corrected chi connectivity index (χ2v) is 5.03. The van der Waals surface area contributed by atoms with E-state index in [4.69, 9.17) is 4.74 Å². The molecule has 1 N–H and O–H groups in total. The van der Waals surface area contributed by atoms with Gasteiger partial charge in [-0.1, -0.05) is 13.0 Å². The standard InChI is InChI=1S/C17H23N3O/c1-4-11-18-17-10-5-14(12-19-17)13-20(2)15-6-8-16(21-3)9-7-15/h5-10,12H,4,11,13H2,1-3H3,(H,18,19). The predicted octanol–water partition coefficient (Wildman–Crippen LogP) is 3.55. The summed E-state index contributed by atoms with van der Waals surface area (Å²) in [4.78, 5) is 6.62. The minimum atomic E-state index is 0.827. The van der Waals surface area contributed by atoms with E-state index >= 15 is 0 Å². The van der Waals surface area contributed by atoms with Crippen LogP contribution in [0.3, 0.4) is 0 Å². The summed E-state index contributed by atoms with van der Waals surface area (Å²) in [6.45, 7) is 3.93. The molecule has 0 saturated carbocycles. The van der Waals surface area contributed by atoms with Gasteiger partial charge in [-0.05, 0) is 42.3 Å². The quantitative estimate of drug-likeness (QED) is 0.844. The molecule has 1 aromatic carbocycles. The molecular weight excluding hydrogens is 262 g/mol. The van der Waals surface area contributed by atoms with Crippen LogP contribution in [-0.2, 0) is 6.54 Å². The lowest BCUT2D eigenvalue weighted by Crippen LogP contribution is -2.16. The highest BCUT2D eigenvalue weighted by Gasteiger charge is 2.03. The van der Waals surface area contributed by atoms with Crippen molar-refractivity contribution < 1.29 is 4.74 Å². The van der Waals surface area contributed by atoms with Crippen molar-refractivity contribution in [2.24, 2.45) is 0 Å². The lowest BCUT2D eigenvalue weighted by molar-refractivity contribution is 0.415. The Balaban J connectivity index is 1.96. The summed E-state index contributed by atoms with van der Waals surface area (Å²) in [7, 11) is 3.75. The average molecular weight is 285 g/mol. The third-order valence-corrected chi connectivity index (χ3v) is 3.31. The molecule has 0 radical (unpaired) electrons. The fraction of sp³-hybridized carbons (Fsp3) is 0.353. The Hall–Kier alpha value is -2.23. The summed E-state index contributed by atoms with van der Waals surface area (Å²) in [5, 5.41) is 3.28. The summed E-state index contributed by atoms with van der Waals surface area (Å²) < 4.78 is 5.18. The van der Waals surface area contributed by atoms with Gasteiger partial charge >= 0.3 is 0 Å². The molecule has 2 aromatic rings. The van der Waals surface area contributed by atoms with Crippen LogP contribution in [0.5, 0.6) is 5.75 Å². The first-order valence-corrected chi connectivity index (χ1v) is 7.27. The lowest BCUT2D eigenvalue weighted by atomic mass is 10.2. The van der Waals surface area contributed by atoms with Crippen molar-refractivity contribution >= 4 is 11.5 Å². The molecule has 4 nitrogen and oxygen atoms in total. The Morgan fingerprint density at radius 3 is 2.48 bits per heavy atom. The Kier molecular flexibility index (Phi) is 5.43. The maximum atomic E-state index is 5.18. The van der Waals surface area contributed by atoms with E-state index in [9.17, 15) is 0 Å². The molecule has 0 aliphatic rings. The van der Waals surface area contributed by atoms with E-state index < -0.39 is 0 Å². The lowest BCUT2D eigenvalue weighted by Gasteiger charge is -2.19. The molecule has 21 heavy (non-hydrogen) atoms. The third kappa shape index (κ3) is 4.38. The van der Waals surface area contributed by atoms with Gasteiger partial charge in [-0.2, -0.15) is 0 Å². The average Bonchev–Trinajstić information content (AvgIpc) is 2.54. The molecule has 0 atom stereocenters. The van der Waals surface area contributed by atoms with Gasteiger partial charge in [-0.3, -0.25) is 0 Å². The van der Waals surface area contributed by atoms with Crippen LogP contribution in [-0.4, -0.2) is 25.7 Å². The van der Waals surface area contributed by atoms with Crippen LogP contribution in [0.4, 0.5) is 11.5 Å². The first-order valence-electron chi connectivity index (χ1n) is 7.27. The van der Waals surface area contributed by atoms with Crippen molar-refractivity contribution in [3.63, 3.8) is 0 Å². The van der Waals surface area contributed by atoms with Gasteiger partial charge in [0.2, 0.25) is 0 Å². The number of pyridine rings is 1. The van der Waals surface area contributed by atoms with Gasteiger partial charge in [-0.25, -0.2) is 4.98 Å². The van der Waals surface area contributed by atoms with Crippen LogP contribution in [0.15, 0.2) is 42.6 Å². The van der Waals surface area contributed by atoms with Gasteiger partial charge in [-0.15, -0.1) is 0 Å². The van der Waals surface area contributed by atoms with Crippen LogP contribution >= 0.6 is 0 Å². The second kappa shape index (κ2) is 7.53. The van der Waals surface area contributed by atoms with Crippen molar-refractivity contribution in [2.45, 2.75) is 19.9 Å². The first kappa shape index (κ1) is 15.2. The Morgan fingerprint density at radius 2 is 1.90 bits per heavy atom. The van der Waals surface area contributed by atoms with Gasteiger partial charge < -0.3 is 15.0 Å². The summed E-state index contributed by atoms with van der Waals surface area (Å²) in [5.41, 5.74) is 2.35. The van der Waals surface area contributed by atoms with E-state index in [1.807, 2.05) is 24.4 Å². The van der Waals surface area contributed by atoms with E-state index in [0.29, 0.717) is 0 Å². The Morgan fingerprint density at radius 1 is 1.14 bits per heavy atom. The molecule has 0 unspecified atom stereocenters. The SMILES string of the molecule is CCCNc1ccc(CN(C)c2ccc(OC)cc2)cn1. The maximum Gasteiger partial charge on any atom is 0.125 e. The van der Waals surface area contributed by atoms with Crippen LogP contribution in [0.2, 0.25) is 0 Å². The molecule has 0 aliphatic carbocycles. The highest BCUT2D eigenvalue weighted by Crippen LogP contribution is 2.19. The predicted molar refractivity (Wildman–Crippen MR) is 88.1 cm³/mol. The third-order valence-electron chi connectivity index (χ3n) is 3.31. The van der Waals surface area contributed by atoms with Gasteiger partial charge in [0.1, 0.15) is 11.6 Å². The second-order valence-electron chi connectivity index (χ2n) is 5.03. The maximum absolute atomic E-state index is 5.18. The number of methoxy groups -OCH3 is 1. The molecule has 0 fully saturated rings. The molecule has 0 bridgehead atoms. The van der Waals surface area contributed by atoms with Crippen LogP contribution in [0.25, 0.3) is 0 Å². The molecule has 1 heterocycles. The zero-order valence-electron chi connectivity index (χ0n) is 13.0. The van der Waals surface area contributed by atoms with Crippen LogP contribution < -0.4 is 15.0 Å². The summed E-state index contributed by atoms with van der Waals surface area (Å²) in [6.07, 6.45) is 3.03. The van der Waals surface area contributed by atoms with E-state index in [1.54, 1.807) is 7.11 Å². The molecule has 0 saturated heterocycles. The highest BCUT2D eigenvalue weighted by molar-refractivity contribution is 5.49. The summed E-state index contributed by atoms with van der Waals surface area (Å²) in [6, 6.07) is 12.2. The largest absolute Gasteiger partial charge is 0.497 e.